The summed E-state index contributed by atoms with van der Waals surface area (Å²) in [6, 6.07) is 24.9. The Morgan fingerprint density at radius 3 is 2.21 bits per heavy atom. The van der Waals surface area contributed by atoms with Crippen molar-refractivity contribution in [3.63, 3.8) is 0 Å². The van der Waals surface area contributed by atoms with E-state index in [1.165, 1.54) is 30.3 Å². The van der Waals surface area contributed by atoms with E-state index in [1.54, 1.807) is 36.4 Å². The largest absolute Gasteiger partial charge is 0.755 e. The number of benzene rings is 4. The molecular weight excluding hydrogens is 708 g/mol. The molecule has 0 saturated heterocycles. The lowest BCUT2D eigenvalue weighted by Gasteiger charge is -2.28. The van der Waals surface area contributed by atoms with Gasteiger partial charge in [0.1, 0.15) is 11.7 Å². The first-order valence-electron chi connectivity index (χ1n) is 13.9. The smallest absolute Gasteiger partial charge is 0.273 e. The standard InChI is InChI=1S/C32H25Cl3FN5O4S2/c33-23-12-13-24(29(18-23)41(47(44)45)30-27(38-46-39-30)16-20-7-3-1-4-8-20)31(42)37-28(17-22-11-14-25(34)26(35)15-22)32(43)40(36)19-21-9-5-2-6-10-21/h1-15,18,28H,16-17,19H2,(H,37,42)(H,44,45)/p-1. The van der Waals surface area contributed by atoms with Crippen LogP contribution in [0.5, 0.6) is 0 Å². The lowest BCUT2D eigenvalue weighted by molar-refractivity contribution is -0.150. The summed E-state index contributed by atoms with van der Waals surface area (Å²) >= 11 is 16.3. The zero-order valence-corrected chi connectivity index (χ0v) is 28.1. The van der Waals surface area contributed by atoms with E-state index in [2.05, 4.69) is 14.1 Å². The summed E-state index contributed by atoms with van der Waals surface area (Å²) in [7, 11) is 0. The molecular formula is C32H24Cl3FN5O4S2-. The summed E-state index contributed by atoms with van der Waals surface area (Å²) in [5.41, 5.74) is 1.91. The van der Waals surface area contributed by atoms with E-state index in [9.17, 15) is 18.4 Å². The summed E-state index contributed by atoms with van der Waals surface area (Å²) < 4.78 is 50.2. The molecule has 0 saturated carbocycles. The third-order valence-electron chi connectivity index (χ3n) is 6.95. The maximum absolute atomic E-state index is 15.4. The highest BCUT2D eigenvalue weighted by Gasteiger charge is 2.30. The summed E-state index contributed by atoms with van der Waals surface area (Å²) in [6.07, 6.45) is 0.102. The van der Waals surface area contributed by atoms with Crippen molar-refractivity contribution in [3.05, 3.63) is 140 Å². The molecule has 242 valence electrons. The number of amides is 2. The maximum atomic E-state index is 15.4. The molecule has 5 rings (SSSR count). The van der Waals surface area contributed by atoms with Gasteiger partial charge < -0.3 is 9.87 Å². The molecule has 0 bridgehead atoms. The average molecular weight is 732 g/mol. The number of carbonyl (C=O) groups is 2. The van der Waals surface area contributed by atoms with Crippen LogP contribution in [0.2, 0.25) is 15.1 Å². The average Bonchev–Trinajstić information content (AvgIpc) is 3.50. The van der Waals surface area contributed by atoms with Crippen molar-refractivity contribution < 1.29 is 22.8 Å². The second-order valence-electron chi connectivity index (χ2n) is 10.2. The topological polar surface area (TPSA) is 119 Å². The molecule has 0 aliphatic heterocycles. The van der Waals surface area contributed by atoms with Crippen molar-refractivity contribution in [1.82, 2.24) is 19.2 Å². The van der Waals surface area contributed by atoms with Crippen molar-refractivity contribution in [2.75, 3.05) is 4.31 Å². The van der Waals surface area contributed by atoms with Crippen molar-refractivity contribution in [2.45, 2.75) is 25.4 Å². The van der Waals surface area contributed by atoms with Crippen LogP contribution in [-0.2, 0) is 35.4 Å². The third kappa shape index (κ3) is 8.72. The molecule has 1 N–H and O–H groups in total. The van der Waals surface area contributed by atoms with Gasteiger partial charge in [-0.1, -0.05) is 106 Å². The molecule has 2 amide bonds. The van der Waals surface area contributed by atoms with Crippen LogP contribution in [0.25, 0.3) is 0 Å². The molecule has 5 aromatic rings. The predicted molar refractivity (Wildman–Crippen MR) is 181 cm³/mol. The highest BCUT2D eigenvalue weighted by Crippen LogP contribution is 2.34. The molecule has 2 unspecified atom stereocenters. The van der Waals surface area contributed by atoms with Gasteiger partial charge in [-0.3, -0.25) is 18.1 Å². The quantitative estimate of drug-likeness (QED) is 0.107. The van der Waals surface area contributed by atoms with Gasteiger partial charge in [-0.05, 0) is 47.0 Å². The number of nitrogens with one attached hydrogen (secondary N) is 1. The van der Waals surface area contributed by atoms with Crippen LogP contribution >= 0.6 is 46.5 Å². The van der Waals surface area contributed by atoms with Crippen LogP contribution in [0, 0.1) is 0 Å². The Morgan fingerprint density at radius 1 is 0.872 bits per heavy atom. The molecule has 0 fully saturated rings. The van der Waals surface area contributed by atoms with Crippen LogP contribution < -0.4 is 9.62 Å². The number of aromatic nitrogens is 2. The fourth-order valence-electron chi connectivity index (χ4n) is 4.72. The van der Waals surface area contributed by atoms with Gasteiger partial charge in [-0.15, -0.1) is 0 Å². The number of carbonyl (C=O) groups excluding carboxylic acids is 2. The summed E-state index contributed by atoms with van der Waals surface area (Å²) in [4.78, 5) is 27.4. The van der Waals surface area contributed by atoms with E-state index in [-0.39, 0.29) is 56.6 Å². The van der Waals surface area contributed by atoms with Gasteiger partial charge in [0, 0.05) is 17.9 Å². The Balaban J connectivity index is 1.48. The van der Waals surface area contributed by atoms with Crippen molar-refractivity contribution >= 4 is 81.1 Å². The molecule has 0 spiro atoms. The van der Waals surface area contributed by atoms with E-state index in [0.29, 0.717) is 16.8 Å². The zero-order chi connectivity index (χ0) is 33.5. The minimum Gasteiger partial charge on any atom is -0.755 e. The van der Waals surface area contributed by atoms with Crippen molar-refractivity contribution in [3.8, 4) is 0 Å². The molecule has 15 heteroatoms. The highest BCUT2D eigenvalue weighted by molar-refractivity contribution is 7.81. The van der Waals surface area contributed by atoms with Crippen LogP contribution in [0.1, 0.15) is 32.7 Å². The normalized spacial score (nSPS) is 12.3. The lowest BCUT2D eigenvalue weighted by atomic mass is 10.0. The molecule has 47 heavy (non-hydrogen) atoms. The molecule has 0 aliphatic rings. The van der Waals surface area contributed by atoms with Gasteiger partial charge in [0.25, 0.3) is 11.8 Å². The van der Waals surface area contributed by atoms with E-state index in [1.807, 2.05) is 30.3 Å². The summed E-state index contributed by atoms with van der Waals surface area (Å²) in [6.45, 7) is -0.371. The number of halogens is 4. The van der Waals surface area contributed by atoms with Crippen molar-refractivity contribution in [2.24, 2.45) is 0 Å². The van der Waals surface area contributed by atoms with Gasteiger partial charge in [-0.2, -0.15) is 13.9 Å². The molecule has 9 nitrogen and oxygen atoms in total. The molecule has 1 heterocycles. The lowest BCUT2D eigenvalue weighted by Crippen LogP contribution is -2.47. The zero-order valence-electron chi connectivity index (χ0n) is 24.2. The van der Waals surface area contributed by atoms with E-state index >= 15 is 4.48 Å². The maximum Gasteiger partial charge on any atom is 0.273 e. The van der Waals surface area contributed by atoms with Crippen molar-refractivity contribution in [1.29, 1.82) is 0 Å². The molecule has 0 radical (unpaired) electrons. The molecule has 0 aliphatic carbocycles. The van der Waals surface area contributed by atoms with Gasteiger partial charge in [0.15, 0.2) is 5.82 Å². The highest BCUT2D eigenvalue weighted by atomic mass is 35.5. The number of rotatable bonds is 12. The first-order valence-corrected chi connectivity index (χ1v) is 16.8. The Morgan fingerprint density at radius 2 is 1.55 bits per heavy atom. The van der Waals surface area contributed by atoms with Crippen LogP contribution in [0.15, 0.2) is 97.1 Å². The van der Waals surface area contributed by atoms with Gasteiger partial charge in [-0.25, -0.2) is 0 Å². The fourth-order valence-corrected chi connectivity index (χ4v) is 6.40. The Labute approximate surface area is 291 Å². The number of anilines is 2. The fraction of sp³-hybridized carbons (Fsp3) is 0.125. The Bertz CT molecular complexity index is 1900. The van der Waals surface area contributed by atoms with E-state index in [0.717, 1.165) is 21.6 Å². The predicted octanol–water partition coefficient (Wildman–Crippen LogP) is 7.28. The Hall–Kier alpha value is -3.91. The van der Waals surface area contributed by atoms with E-state index in [4.69, 9.17) is 34.8 Å². The molecule has 2 atom stereocenters. The van der Waals surface area contributed by atoms with Crippen LogP contribution in [-0.4, -0.2) is 40.5 Å². The van der Waals surface area contributed by atoms with Crippen LogP contribution in [0.3, 0.4) is 0 Å². The second-order valence-corrected chi connectivity index (χ2v) is 12.8. The van der Waals surface area contributed by atoms with E-state index < -0.39 is 29.1 Å². The van der Waals surface area contributed by atoms with Crippen LogP contribution in [0.4, 0.5) is 16.0 Å². The van der Waals surface area contributed by atoms with Gasteiger partial charge in [0.2, 0.25) is 0 Å². The number of hydrogen-bond donors (Lipinski definition) is 1. The SMILES string of the molecule is O=C(NC(Cc1ccc(Cl)c(Cl)c1)C(=O)N(F)Cc1ccccc1)c1ccc(Cl)cc1N(c1nsnc1Cc1ccccc1)S(=O)[O-]. The summed E-state index contributed by atoms with van der Waals surface area (Å²) in [5.74, 6) is -1.93. The molecule has 1 aromatic heterocycles. The second kappa shape index (κ2) is 15.8. The number of hydrogen-bond acceptors (Lipinski definition) is 7. The monoisotopic (exact) mass is 730 g/mol. The molecule has 4 aromatic carbocycles. The van der Waals surface area contributed by atoms with Gasteiger partial charge >= 0.3 is 0 Å². The summed E-state index contributed by atoms with van der Waals surface area (Å²) in [5, 5.41) is 3.21. The minimum absolute atomic E-state index is 0.0103. The van der Waals surface area contributed by atoms with Gasteiger partial charge in [0.05, 0.1) is 50.8 Å². The minimum atomic E-state index is -2.99. The first-order chi connectivity index (χ1) is 22.6. The number of nitrogens with zero attached hydrogens (tertiary/aromatic N) is 4. The Kier molecular flexibility index (Phi) is 11.6. The third-order valence-corrected chi connectivity index (χ3v) is 9.14. The first kappa shape index (κ1) is 34.4.